The molecule has 0 saturated heterocycles. The summed E-state index contributed by atoms with van der Waals surface area (Å²) in [6.45, 7) is 0. The highest BCUT2D eigenvalue weighted by Crippen LogP contribution is 2.20. The van der Waals surface area contributed by atoms with Gasteiger partial charge in [0.25, 0.3) is 5.69 Å². The quantitative estimate of drug-likeness (QED) is 0.450. The Morgan fingerprint density at radius 3 is 2.44 bits per heavy atom. The molecule has 0 saturated carbocycles. The number of nitrogens with one attached hydrogen (secondary N) is 2. The van der Waals surface area contributed by atoms with Gasteiger partial charge in [-0.2, -0.15) is 0 Å². The van der Waals surface area contributed by atoms with Crippen LogP contribution in [0.3, 0.4) is 0 Å². The number of nitrogens with zero attached hydrogens (tertiary/aromatic N) is 1. The Labute approximate surface area is 153 Å². The van der Waals surface area contributed by atoms with Gasteiger partial charge in [-0.15, -0.1) is 0 Å². The van der Waals surface area contributed by atoms with E-state index in [1.807, 2.05) is 12.1 Å². The molecule has 2 N–H and O–H groups in total. The molecule has 3 aromatic rings. The van der Waals surface area contributed by atoms with Crippen LogP contribution in [-0.2, 0) is 21.2 Å². The molecule has 1 aromatic heterocycles. The fourth-order valence-electron chi connectivity index (χ4n) is 2.70. The fraction of sp³-hybridized carbons (Fsp3) is 0.118. The first kappa shape index (κ1) is 18.5. The number of fused-ring (bicyclic) bond motifs is 1. The Hall–Kier alpha value is -3.24. The van der Waals surface area contributed by atoms with Crippen molar-refractivity contribution in [1.29, 1.82) is 0 Å². The van der Waals surface area contributed by atoms with E-state index >= 15 is 0 Å². The van der Waals surface area contributed by atoms with Gasteiger partial charge in [0.05, 0.1) is 21.8 Å². The molecule has 140 valence electrons. The van der Waals surface area contributed by atoms with Crippen LogP contribution in [0.25, 0.3) is 10.9 Å². The third kappa shape index (κ3) is 3.96. The molecule has 27 heavy (non-hydrogen) atoms. The smallest absolute Gasteiger partial charge is 0.269 e. The Kier molecular flexibility index (Phi) is 4.93. The molecular weight excluding hydrogens is 374 g/mol. The molecule has 0 aliphatic heterocycles. The van der Waals surface area contributed by atoms with E-state index in [9.17, 15) is 28.4 Å². The second-order valence-corrected chi connectivity index (χ2v) is 7.52. The number of para-hydroxylation sites is 1. The third-order valence-electron chi connectivity index (χ3n) is 4.04. The molecule has 1 heterocycles. The maximum atomic E-state index is 12.4. The van der Waals surface area contributed by atoms with Crippen molar-refractivity contribution in [1.82, 2.24) is 9.71 Å². The van der Waals surface area contributed by atoms with Gasteiger partial charge in [-0.3, -0.25) is 10.1 Å². The Morgan fingerprint density at radius 2 is 1.81 bits per heavy atom. The molecular formula is C17H14N3O6S-. The maximum absolute atomic E-state index is 12.4. The number of carboxylic acid groups (broad SMARTS) is 1. The summed E-state index contributed by atoms with van der Waals surface area (Å²) in [5.74, 6) is -1.58. The van der Waals surface area contributed by atoms with Crippen LogP contribution in [0.5, 0.6) is 0 Å². The number of sulfonamides is 1. The normalized spacial score (nSPS) is 12.7. The molecule has 0 radical (unpaired) electrons. The third-order valence-corrected chi connectivity index (χ3v) is 5.53. The van der Waals surface area contributed by atoms with Crippen molar-refractivity contribution in [3.05, 3.63) is 70.4 Å². The van der Waals surface area contributed by atoms with Crippen LogP contribution in [-0.4, -0.2) is 30.3 Å². The molecule has 0 aliphatic rings. The largest absolute Gasteiger partial charge is 0.548 e. The highest BCUT2D eigenvalue weighted by atomic mass is 32.2. The first-order chi connectivity index (χ1) is 12.8. The summed E-state index contributed by atoms with van der Waals surface area (Å²) in [6, 6.07) is 9.84. The lowest BCUT2D eigenvalue weighted by molar-refractivity contribution is -0.384. The Bertz CT molecular complexity index is 1110. The summed E-state index contributed by atoms with van der Waals surface area (Å²) < 4.78 is 27.0. The van der Waals surface area contributed by atoms with Crippen molar-refractivity contribution in [2.45, 2.75) is 17.4 Å². The molecule has 0 aliphatic carbocycles. The van der Waals surface area contributed by atoms with Gasteiger partial charge in [0.15, 0.2) is 0 Å². The van der Waals surface area contributed by atoms with Crippen molar-refractivity contribution < 1.29 is 23.2 Å². The Balaban J connectivity index is 1.85. The summed E-state index contributed by atoms with van der Waals surface area (Å²) in [6.07, 6.45) is 1.49. The van der Waals surface area contributed by atoms with Crippen molar-refractivity contribution in [2.75, 3.05) is 0 Å². The highest BCUT2D eigenvalue weighted by molar-refractivity contribution is 7.89. The zero-order chi connectivity index (χ0) is 19.6. The second-order valence-electron chi connectivity index (χ2n) is 5.81. The summed E-state index contributed by atoms with van der Waals surface area (Å²) >= 11 is 0. The monoisotopic (exact) mass is 388 g/mol. The van der Waals surface area contributed by atoms with Crippen LogP contribution in [0.2, 0.25) is 0 Å². The van der Waals surface area contributed by atoms with Gasteiger partial charge in [-0.05, 0) is 30.2 Å². The molecule has 10 heteroatoms. The van der Waals surface area contributed by atoms with E-state index in [0.29, 0.717) is 5.56 Å². The number of carboxylic acids is 1. The van der Waals surface area contributed by atoms with E-state index in [1.54, 1.807) is 18.3 Å². The van der Waals surface area contributed by atoms with Crippen molar-refractivity contribution >= 4 is 32.6 Å². The number of carbonyl (C=O) groups excluding carboxylic acids is 1. The predicted molar refractivity (Wildman–Crippen MR) is 94.2 cm³/mol. The van der Waals surface area contributed by atoms with Gasteiger partial charge in [0.2, 0.25) is 10.0 Å². The molecule has 0 fully saturated rings. The number of hydrogen-bond acceptors (Lipinski definition) is 6. The lowest BCUT2D eigenvalue weighted by atomic mass is 10.1. The van der Waals surface area contributed by atoms with Crippen LogP contribution < -0.4 is 9.83 Å². The molecule has 1 atom stereocenters. The van der Waals surface area contributed by atoms with Crippen LogP contribution in [0.1, 0.15) is 5.56 Å². The lowest BCUT2D eigenvalue weighted by Gasteiger charge is -2.19. The van der Waals surface area contributed by atoms with Gasteiger partial charge in [0, 0.05) is 29.2 Å². The van der Waals surface area contributed by atoms with Crippen molar-refractivity contribution in [2.24, 2.45) is 0 Å². The van der Waals surface area contributed by atoms with E-state index in [1.165, 1.54) is 0 Å². The predicted octanol–water partition coefficient (Wildman–Crippen LogP) is 0.716. The van der Waals surface area contributed by atoms with Crippen LogP contribution >= 0.6 is 0 Å². The first-order valence-electron chi connectivity index (χ1n) is 7.80. The minimum absolute atomic E-state index is 0.126. The van der Waals surface area contributed by atoms with E-state index in [-0.39, 0.29) is 17.0 Å². The number of benzene rings is 2. The summed E-state index contributed by atoms with van der Waals surface area (Å²) in [5.41, 5.74) is 1.14. The molecule has 0 bridgehead atoms. The number of nitro benzene ring substituents is 1. The van der Waals surface area contributed by atoms with Gasteiger partial charge in [0.1, 0.15) is 0 Å². The second kappa shape index (κ2) is 7.17. The van der Waals surface area contributed by atoms with Gasteiger partial charge in [-0.25, -0.2) is 13.1 Å². The van der Waals surface area contributed by atoms with Gasteiger partial charge >= 0.3 is 0 Å². The number of aliphatic carboxylic acids is 1. The molecule has 0 spiro atoms. The van der Waals surface area contributed by atoms with Crippen LogP contribution in [0.4, 0.5) is 5.69 Å². The Morgan fingerprint density at radius 1 is 1.15 bits per heavy atom. The number of H-pyrrole nitrogens is 1. The number of carbonyl (C=O) groups is 1. The minimum Gasteiger partial charge on any atom is -0.548 e. The first-order valence-corrected chi connectivity index (χ1v) is 9.29. The van der Waals surface area contributed by atoms with Crippen LogP contribution in [0, 0.1) is 10.1 Å². The highest BCUT2D eigenvalue weighted by Gasteiger charge is 2.23. The molecule has 1 unspecified atom stereocenters. The topological polar surface area (TPSA) is 145 Å². The number of hydrogen-bond donors (Lipinski definition) is 2. The molecule has 0 amide bonds. The van der Waals surface area contributed by atoms with Crippen molar-refractivity contribution in [3.63, 3.8) is 0 Å². The van der Waals surface area contributed by atoms with E-state index in [0.717, 1.165) is 35.2 Å². The van der Waals surface area contributed by atoms with Gasteiger partial charge < -0.3 is 14.9 Å². The van der Waals surface area contributed by atoms with Crippen molar-refractivity contribution in [3.8, 4) is 0 Å². The average molecular weight is 388 g/mol. The summed E-state index contributed by atoms with van der Waals surface area (Å²) in [7, 11) is -4.21. The number of rotatable bonds is 7. The van der Waals surface area contributed by atoms with E-state index in [2.05, 4.69) is 9.71 Å². The SMILES string of the molecule is O=C([O-])C(Cc1c[nH]c2ccccc12)NS(=O)(=O)c1ccc([N+](=O)[O-])cc1. The number of nitro groups is 1. The summed E-state index contributed by atoms with van der Waals surface area (Å²) in [4.78, 5) is 24.2. The molecule has 3 rings (SSSR count). The summed E-state index contributed by atoms with van der Waals surface area (Å²) in [5, 5.41) is 22.9. The average Bonchev–Trinajstić information content (AvgIpc) is 3.04. The standard InChI is InChI=1S/C17H15N3O6S/c21-17(22)16(9-11-10-18-15-4-2-1-3-14(11)15)19-27(25,26)13-7-5-12(6-8-13)20(23)24/h1-8,10,16,18-19H,9H2,(H,21,22)/p-1. The lowest BCUT2D eigenvalue weighted by Crippen LogP contribution is -2.49. The van der Waals surface area contributed by atoms with Crippen LogP contribution in [0.15, 0.2) is 59.6 Å². The van der Waals surface area contributed by atoms with E-state index in [4.69, 9.17) is 0 Å². The maximum Gasteiger partial charge on any atom is 0.269 e. The van der Waals surface area contributed by atoms with Gasteiger partial charge in [-0.1, -0.05) is 18.2 Å². The molecule has 9 nitrogen and oxygen atoms in total. The zero-order valence-corrected chi connectivity index (χ0v) is 14.6. The fourth-order valence-corrected chi connectivity index (χ4v) is 3.88. The number of aromatic nitrogens is 1. The van der Waals surface area contributed by atoms with E-state index < -0.39 is 27.0 Å². The number of non-ortho nitro benzene ring substituents is 1. The number of aromatic amines is 1. The zero-order valence-electron chi connectivity index (χ0n) is 13.8. The molecule has 2 aromatic carbocycles. The minimum atomic E-state index is -4.21.